The number of rotatable bonds is 14. The molecule has 0 saturated carbocycles. The van der Waals surface area contributed by atoms with E-state index in [1.54, 1.807) is 18.0 Å². The molecule has 11 heteroatoms. The molecule has 2 aliphatic heterocycles. The van der Waals surface area contributed by atoms with E-state index in [1.165, 1.54) is 4.90 Å². The maximum atomic E-state index is 12.7. The molecule has 2 saturated heterocycles. The van der Waals surface area contributed by atoms with E-state index in [0.29, 0.717) is 19.5 Å². The van der Waals surface area contributed by atoms with Gasteiger partial charge in [0.25, 0.3) is 0 Å². The van der Waals surface area contributed by atoms with Gasteiger partial charge in [0, 0.05) is 25.7 Å². The molecule has 0 aromatic heterocycles. The third-order valence-corrected chi connectivity index (χ3v) is 9.60. The molecular weight excluding hydrogens is 697 g/mol. The number of likely N-dealkylation sites (tertiary alicyclic amines) is 2. The van der Waals surface area contributed by atoms with E-state index in [-0.39, 0.29) is 56.4 Å². The summed E-state index contributed by atoms with van der Waals surface area (Å²) < 4.78 is 15.7. The quantitative estimate of drug-likeness (QED) is 0.0560. The molecule has 288 valence electrons. The molecule has 2 heterocycles. The molecule has 4 atom stereocenters. The van der Waals surface area contributed by atoms with Crippen molar-refractivity contribution in [2.24, 2.45) is 4.99 Å². The number of aliphatic imine (C=N–C) groups is 1. The van der Waals surface area contributed by atoms with Crippen LogP contribution in [0.1, 0.15) is 68.0 Å². The molecule has 11 nitrogen and oxygen atoms in total. The zero-order valence-electron chi connectivity index (χ0n) is 31.7. The molecule has 0 radical (unpaired) electrons. The predicted molar refractivity (Wildman–Crippen MR) is 210 cm³/mol. The number of carbonyl (C=O) groups is 4. The Morgan fingerprint density at radius 2 is 1.33 bits per heavy atom. The average molecular weight is 747 g/mol. The van der Waals surface area contributed by atoms with Crippen molar-refractivity contribution in [3.05, 3.63) is 144 Å². The van der Waals surface area contributed by atoms with Crippen molar-refractivity contribution in [3.8, 4) is 0 Å². The Balaban J connectivity index is 0.000000212. The topological polar surface area (TPSA) is 118 Å². The van der Waals surface area contributed by atoms with Gasteiger partial charge in [-0.3, -0.25) is 24.4 Å². The summed E-state index contributed by atoms with van der Waals surface area (Å²) in [7, 11) is 0. The Bertz CT molecular complexity index is 1840. The van der Waals surface area contributed by atoms with Crippen LogP contribution >= 0.6 is 0 Å². The van der Waals surface area contributed by atoms with E-state index in [1.807, 2.05) is 140 Å². The molecule has 6 rings (SSSR count). The van der Waals surface area contributed by atoms with Gasteiger partial charge in [-0.2, -0.15) is 0 Å². The van der Waals surface area contributed by atoms with Crippen LogP contribution in [0.3, 0.4) is 0 Å². The number of nitrogens with zero attached hydrogens (tertiary/aromatic N) is 4. The van der Waals surface area contributed by atoms with Crippen molar-refractivity contribution in [1.82, 2.24) is 14.7 Å². The lowest BCUT2D eigenvalue weighted by Gasteiger charge is -2.48. The first-order chi connectivity index (χ1) is 26.8. The van der Waals surface area contributed by atoms with Gasteiger partial charge in [-0.1, -0.05) is 121 Å². The highest BCUT2D eigenvalue weighted by Gasteiger charge is 2.57. The highest BCUT2D eigenvalue weighted by molar-refractivity contribution is 5.93. The van der Waals surface area contributed by atoms with Crippen molar-refractivity contribution in [1.29, 1.82) is 0 Å². The zero-order chi connectivity index (χ0) is 39.0. The van der Waals surface area contributed by atoms with Crippen LogP contribution in [-0.4, -0.2) is 83.3 Å². The number of esters is 1. The van der Waals surface area contributed by atoms with E-state index < -0.39 is 18.2 Å². The maximum absolute atomic E-state index is 12.7. The number of β-lactam (4-membered cyclic amide) rings is 1. The Hall–Kier alpha value is -5.97. The molecule has 0 unspecified atom stereocenters. The standard InChI is InChI=1S/C23H28N2O4.C21H22N2O3/c1-3-28-22(26)17-25(23(27)29-18-20-11-6-4-7-12-20)16-10-15-24-19(2)21-13-8-5-9-14-21;1-15(17-10-6-3-7-11-17)23-18-12-13-22(19(18)20(23)24)21(25)26-14-16-8-4-2-5-9-16/h4-9,11-15,19H,3,10,16-18H2,1-2H3;2-11,15,18-19H,12-14H2,1H3/t19-;15-,18-,19+/m11/s1. The van der Waals surface area contributed by atoms with Crippen molar-refractivity contribution >= 4 is 30.3 Å². The lowest BCUT2D eigenvalue weighted by Crippen LogP contribution is -2.67. The van der Waals surface area contributed by atoms with Gasteiger partial charge in [0.05, 0.1) is 24.7 Å². The minimum absolute atomic E-state index is 0.0144. The van der Waals surface area contributed by atoms with Crippen LogP contribution in [0, 0.1) is 0 Å². The van der Waals surface area contributed by atoms with Gasteiger partial charge >= 0.3 is 18.2 Å². The minimum Gasteiger partial charge on any atom is -0.465 e. The summed E-state index contributed by atoms with van der Waals surface area (Å²) in [5, 5.41) is 0. The molecule has 0 bridgehead atoms. The Morgan fingerprint density at radius 1 is 0.782 bits per heavy atom. The summed E-state index contributed by atoms with van der Waals surface area (Å²) in [6, 6.07) is 38.7. The fraction of sp³-hybridized carbons (Fsp3) is 0.341. The summed E-state index contributed by atoms with van der Waals surface area (Å²) in [5.74, 6) is -0.445. The zero-order valence-corrected chi connectivity index (χ0v) is 31.7. The molecule has 4 aromatic rings. The number of benzene rings is 4. The molecular formula is C44H50N4O7. The number of hydrogen-bond acceptors (Lipinski definition) is 8. The van der Waals surface area contributed by atoms with Crippen molar-refractivity contribution in [2.75, 3.05) is 26.2 Å². The summed E-state index contributed by atoms with van der Waals surface area (Å²) >= 11 is 0. The SMILES string of the molecule is CCOC(=O)CN(CCC=N[C@H](C)c1ccccc1)C(=O)OCc1ccccc1.C[C@H](c1ccccc1)N1C(=O)[C@@H]2[C@H]1CCN2C(=O)OCc1ccccc1. The van der Waals surface area contributed by atoms with Gasteiger partial charge in [-0.15, -0.1) is 0 Å². The lowest BCUT2D eigenvalue weighted by molar-refractivity contribution is -0.156. The van der Waals surface area contributed by atoms with Gasteiger partial charge in [0.15, 0.2) is 0 Å². The van der Waals surface area contributed by atoms with Crippen LogP contribution in [0.15, 0.2) is 126 Å². The third kappa shape index (κ3) is 11.3. The molecule has 0 N–H and O–H groups in total. The van der Waals surface area contributed by atoms with Crippen LogP contribution in [0.5, 0.6) is 0 Å². The highest BCUT2D eigenvalue weighted by atomic mass is 16.6. The number of amides is 3. The summed E-state index contributed by atoms with van der Waals surface area (Å²) in [5.41, 5.74) is 4.06. The van der Waals surface area contributed by atoms with Crippen molar-refractivity contribution in [3.63, 3.8) is 0 Å². The minimum atomic E-state index is -0.550. The summed E-state index contributed by atoms with van der Waals surface area (Å²) in [6.07, 6.45) is 2.14. The molecule has 55 heavy (non-hydrogen) atoms. The van der Waals surface area contributed by atoms with E-state index >= 15 is 0 Å². The number of ether oxygens (including phenoxy) is 3. The van der Waals surface area contributed by atoms with Gasteiger partial charge in [0.1, 0.15) is 25.8 Å². The number of hydrogen-bond donors (Lipinski definition) is 0. The predicted octanol–water partition coefficient (Wildman–Crippen LogP) is 7.78. The first kappa shape index (κ1) is 40.2. The van der Waals surface area contributed by atoms with E-state index in [9.17, 15) is 19.2 Å². The Morgan fingerprint density at radius 3 is 1.91 bits per heavy atom. The highest BCUT2D eigenvalue weighted by Crippen LogP contribution is 2.40. The maximum Gasteiger partial charge on any atom is 0.410 e. The summed E-state index contributed by atoms with van der Waals surface area (Å²) in [4.78, 5) is 58.8. The van der Waals surface area contributed by atoms with E-state index in [0.717, 1.165) is 28.7 Å². The number of carbonyl (C=O) groups excluding carboxylic acids is 4. The molecule has 0 aliphatic carbocycles. The van der Waals surface area contributed by atoms with Crippen LogP contribution in [0.25, 0.3) is 0 Å². The first-order valence-electron chi connectivity index (χ1n) is 18.8. The smallest absolute Gasteiger partial charge is 0.410 e. The second-order valence-corrected chi connectivity index (χ2v) is 13.3. The van der Waals surface area contributed by atoms with Crippen LogP contribution in [0.2, 0.25) is 0 Å². The average Bonchev–Trinajstić information content (AvgIpc) is 3.61. The van der Waals surface area contributed by atoms with Gasteiger partial charge in [-0.25, -0.2) is 9.59 Å². The normalized spacial score (nSPS) is 16.9. The molecule has 0 spiro atoms. The molecule has 2 aliphatic rings. The monoisotopic (exact) mass is 746 g/mol. The van der Waals surface area contributed by atoms with Gasteiger partial charge in [0.2, 0.25) is 5.91 Å². The Kier molecular flexibility index (Phi) is 15.0. The molecule has 2 fully saturated rings. The lowest BCUT2D eigenvalue weighted by atomic mass is 9.91. The van der Waals surface area contributed by atoms with Crippen molar-refractivity contribution in [2.45, 2.75) is 71.0 Å². The number of fused-ring (bicyclic) bond motifs is 1. The Labute approximate surface area is 323 Å². The third-order valence-electron chi connectivity index (χ3n) is 9.60. The van der Waals surface area contributed by atoms with Gasteiger partial charge in [-0.05, 0) is 49.4 Å². The second-order valence-electron chi connectivity index (χ2n) is 13.3. The molecule has 3 amide bonds. The first-order valence-corrected chi connectivity index (χ1v) is 18.8. The fourth-order valence-corrected chi connectivity index (χ4v) is 6.65. The van der Waals surface area contributed by atoms with Gasteiger partial charge < -0.3 is 19.1 Å². The van der Waals surface area contributed by atoms with Crippen LogP contribution in [-0.2, 0) is 37.0 Å². The van der Waals surface area contributed by atoms with E-state index in [2.05, 4.69) is 4.99 Å². The largest absolute Gasteiger partial charge is 0.465 e. The summed E-state index contributed by atoms with van der Waals surface area (Å²) in [6.45, 7) is 7.16. The second kappa shape index (κ2) is 20.5. The fourth-order valence-electron chi connectivity index (χ4n) is 6.65. The van der Waals surface area contributed by atoms with Crippen LogP contribution < -0.4 is 0 Å². The van der Waals surface area contributed by atoms with Crippen molar-refractivity contribution < 1.29 is 33.4 Å². The molecule has 4 aromatic carbocycles. The van der Waals surface area contributed by atoms with Crippen LogP contribution in [0.4, 0.5) is 9.59 Å². The van der Waals surface area contributed by atoms with E-state index in [4.69, 9.17) is 14.2 Å².